The van der Waals surface area contributed by atoms with Gasteiger partial charge in [0.25, 0.3) is 0 Å². The van der Waals surface area contributed by atoms with Gasteiger partial charge in [-0.05, 0) is 92.2 Å². The molecule has 4 aromatic rings. The summed E-state index contributed by atoms with van der Waals surface area (Å²) >= 11 is 0. The molecule has 0 saturated carbocycles. The van der Waals surface area contributed by atoms with Crippen LogP contribution in [-0.2, 0) is 14.3 Å². The maximum atomic E-state index is 13.1. The summed E-state index contributed by atoms with van der Waals surface area (Å²) < 4.78 is 17.1. The predicted molar refractivity (Wildman–Crippen MR) is 196 cm³/mol. The van der Waals surface area contributed by atoms with E-state index >= 15 is 0 Å². The van der Waals surface area contributed by atoms with E-state index in [1.165, 1.54) is 12.1 Å². The number of aromatic amines is 1. The first-order valence-corrected chi connectivity index (χ1v) is 18.2. The molecule has 276 valence electrons. The van der Waals surface area contributed by atoms with E-state index in [0.717, 1.165) is 69.3 Å². The van der Waals surface area contributed by atoms with Crippen LogP contribution in [0.25, 0.3) is 10.9 Å². The maximum Gasteiger partial charge on any atom is 0.408 e. The van der Waals surface area contributed by atoms with Crippen molar-refractivity contribution in [2.45, 2.75) is 56.8 Å². The van der Waals surface area contributed by atoms with Crippen molar-refractivity contribution in [1.82, 2.24) is 20.5 Å². The average molecular weight is 713 g/mol. The average Bonchev–Trinajstić information content (AvgIpc) is 3.16. The Morgan fingerprint density at radius 2 is 1.71 bits per heavy atom. The standard InChI is InChI=1S/C40H48N4O8/c45-33-15-13-31(32-14-16-36(47)42-39(32)33)34(46)24-41-19-6-1-2-7-22-50-37(48)26-51-30-12-8-11-29(23-30)38(28-9-4-3-5-10-28)43-40(49)52-35-25-44-20-17-27(35)18-21-44/h3-5,8-16,23,27,34-35,38,41,45-46H,1-2,6-7,17-22,24-26H2,(H,42,47)(H,43,49). The summed E-state index contributed by atoms with van der Waals surface area (Å²) in [6.07, 6.45) is 4.19. The minimum absolute atomic E-state index is 0.0407. The molecule has 5 N–H and O–H groups in total. The molecule has 0 spiro atoms. The zero-order valence-corrected chi connectivity index (χ0v) is 29.3. The highest BCUT2D eigenvalue weighted by atomic mass is 16.6. The summed E-state index contributed by atoms with van der Waals surface area (Å²) in [5.74, 6) is 0.411. The van der Waals surface area contributed by atoms with Gasteiger partial charge in [0.2, 0.25) is 5.56 Å². The quantitative estimate of drug-likeness (QED) is 0.0748. The summed E-state index contributed by atoms with van der Waals surface area (Å²) in [6, 6.07) is 22.7. The minimum atomic E-state index is -0.802. The Morgan fingerprint density at radius 1 is 0.923 bits per heavy atom. The number of phenols is 1. The highest BCUT2D eigenvalue weighted by molar-refractivity contribution is 5.87. The van der Waals surface area contributed by atoms with Gasteiger partial charge in [-0.25, -0.2) is 9.59 Å². The lowest BCUT2D eigenvalue weighted by atomic mass is 9.86. The number of rotatable bonds is 17. The number of phenolic OH excluding ortho intramolecular Hbond substituents is 1. The molecule has 52 heavy (non-hydrogen) atoms. The number of hydrogen-bond acceptors (Lipinski definition) is 10. The van der Waals surface area contributed by atoms with Crippen molar-refractivity contribution in [3.63, 3.8) is 0 Å². The van der Waals surface area contributed by atoms with Crippen molar-refractivity contribution < 1.29 is 34.0 Å². The Balaban J connectivity index is 0.882. The molecule has 3 atom stereocenters. The second-order valence-corrected chi connectivity index (χ2v) is 13.6. The van der Waals surface area contributed by atoms with Crippen LogP contribution in [-0.4, -0.2) is 84.2 Å². The molecule has 0 radical (unpaired) electrons. The number of nitrogens with zero attached hydrogens (tertiary/aromatic N) is 1. The van der Waals surface area contributed by atoms with Crippen molar-refractivity contribution in [3.8, 4) is 11.5 Å². The molecule has 1 aromatic heterocycles. The number of fused-ring (bicyclic) bond motifs is 4. The van der Waals surface area contributed by atoms with Gasteiger partial charge in [0.1, 0.15) is 17.6 Å². The number of amides is 1. The number of nitrogens with one attached hydrogen (secondary N) is 3. The van der Waals surface area contributed by atoms with Crippen LogP contribution in [0.3, 0.4) is 0 Å². The van der Waals surface area contributed by atoms with Gasteiger partial charge in [-0.2, -0.15) is 0 Å². The number of pyridine rings is 1. The third kappa shape index (κ3) is 9.90. The van der Waals surface area contributed by atoms with Crippen molar-refractivity contribution in [2.24, 2.45) is 5.92 Å². The number of aromatic nitrogens is 1. The van der Waals surface area contributed by atoms with Gasteiger partial charge in [0.15, 0.2) is 6.61 Å². The number of alkyl carbamates (subject to hydrolysis) is 1. The lowest BCUT2D eigenvalue weighted by Crippen LogP contribution is -2.52. The van der Waals surface area contributed by atoms with Crippen LogP contribution in [0.1, 0.15) is 67.4 Å². The first-order valence-electron chi connectivity index (χ1n) is 18.2. The molecule has 12 nitrogen and oxygen atoms in total. The topological polar surface area (TPSA) is 162 Å². The molecule has 0 aliphatic carbocycles. The number of piperidine rings is 3. The number of ether oxygens (including phenoxy) is 3. The zero-order valence-electron chi connectivity index (χ0n) is 29.3. The van der Waals surface area contributed by atoms with Gasteiger partial charge in [0.05, 0.1) is 24.3 Å². The Kier molecular flexibility index (Phi) is 12.8. The lowest BCUT2D eigenvalue weighted by molar-refractivity contribution is -0.146. The van der Waals surface area contributed by atoms with Crippen LogP contribution in [0, 0.1) is 5.92 Å². The normalized spacial score (nSPS) is 19.1. The molecule has 1 amide bonds. The predicted octanol–water partition coefficient (Wildman–Crippen LogP) is 4.95. The first-order chi connectivity index (χ1) is 25.3. The number of carbonyl (C=O) groups is 2. The van der Waals surface area contributed by atoms with Gasteiger partial charge in [-0.3, -0.25) is 9.69 Å². The van der Waals surface area contributed by atoms with Gasteiger partial charge in [-0.1, -0.05) is 61.4 Å². The number of carbonyl (C=O) groups excluding carboxylic acids is 2. The maximum absolute atomic E-state index is 13.1. The summed E-state index contributed by atoms with van der Waals surface area (Å²) in [6.45, 7) is 4.03. The van der Waals surface area contributed by atoms with Crippen molar-refractivity contribution in [1.29, 1.82) is 0 Å². The fraction of sp³-hybridized carbons (Fsp3) is 0.425. The minimum Gasteiger partial charge on any atom is -0.506 e. The highest BCUT2D eigenvalue weighted by Crippen LogP contribution is 2.31. The fourth-order valence-corrected chi connectivity index (χ4v) is 7.10. The molecule has 12 heteroatoms. The van der Waals surface area contributed by atoms with Crippen LogP contribution >= 0.6 is 0 Å². The van der Waals surface area contributed by atoms with E-state index in [4.69, 9.17) is 14.2 Å². The van der Waals surface area contributed by atoms with E-state index < -0.39 is 24.2 Å². The van der Waals surface area contributed by atoms with E-state index in [0.29, 0.717) is 47.8 Å². The van der Waals surface area contributed by atoms with E-state index in [9.17, 15) is 24.6 Å². The molecule has 3 aliphatic rings. The number of aromatic hydroxyl groups is 1. The van der Waals surface area contributed by atoms with Crippen LogP contribution in [0.4, 0.5) is 4.79 Å². The van der Waals surface area contributed by atoms with E-state index in [1.54, 1.807) is 18.2 Å². The van der Waals surface area contributed by atoms with Gasteiger partial charge >= 0.3 is 12.1 Å². The smallest absolute Gasteiger partial charge is 0.408 e. The van der Waals surface area contributed by atoms with Crippen LogP contribution in [0.15, 0.2) is 83.7 Å². The summed E-state index contributed by atoms with van der Waals surface area (Å²) in [4.78, 5) is 42.1. The van der Waals surface area contributed by atoms with Crippen molar-refractivity contribution in [2.75, 3.05) is 45.9 Å². The number of H-pyrrole nitrogens is 1. The van der Waals surface area contributed by atoms with E-state index in [1.807, 2.05) is 48.5 Å². The summed E-state index contributed by atoms with van der Waals surface area (Å²) in [5, 5.41) is 27.7. The lowest BCUT2D eigenvalue weighted by Gasteiger charge is -2.43. The molecule has 3 saturated heterocycles. The third-order valence-electron chi connectivity index (χ3n) is 9.91. The van der Waals surface area contributed by atoms with Gasteiger partial charge < -0.3 is 40.0 Å². The summed E-state index contributed by atoms with van der Waals surface area (Å²) in [5.41, 5.74) is 2.32. The van der Waals surface area contributed by atoms with E-state index in [-0.39, 0.29) is 24.0 Å². The van der Waals surface area contributed by atoms with Crippen molar-refractivity contribution in [3.05, 3.63) is 106 Å². The number of aliphatic hydroxyl groups excluding tert-OH is 1. The second kappa shape index (κ2) is 18.0. The number of hydrogen-bond donors (Lipinski definition) is 5. The zero-order chi connectivity index (χ0) is 36.3. The Hall–Kier alpha value is -4.91. The monoisotopic (exact) mass is 712 g/mol. The fourth-order valence-electron chi connectivity index (χ4n) is 7.10. The van der Waals surface area contributed by atoms with Crippen LogP contribution < -0.4 is 20.9 Å². The third-order valence-corrected chi connectivity index (χ3v) is 9.91. The van der Waals surface area contributed by atoms with Gasteiger partial charge in [0, 0.05) is 24.5 Å². The Morgan fingerprint density at radius 3 is 2.50 bits per heavy atom. The molecule has 3 unspecified atom stereocenters. The molecule has 3 aliphatic heterocycles. The number of unbranched alkanes of at least 4 members (excludes halogenated alkanes) is 3. The number of aliphatic hydroxyl groups is 1. The van der Waals surface area contributed by atoms with Crippen LogP contribution in [0.5, 0.6) is 11.5 Å². The SMILES string of the molecule is O=C(COc1cccc(C(NC(=O)OC2CN3CCC2CC3)c2ccccc2)c1)OCCCCCCNCC(O)c1ccc(O)c2[nH]c(=O)ccc12. The molecule has 7 rings (SSSR count). The number of benzene rings is 3. The highest BCUT2D eigenvalue weighted by Gasteiger charge is 2.37. The van der Waals surface area contributed by atoms with E-state index in [2.05, 4.69) is 20.5 Å². The Bertz CT molecular complexity index is 1840. The molecule has 4 heterocycles. The second-order valence-electron chi connectivity index (χ2n) is 13.6. The molecule has 3 fully saturated rings. The first kappa shape index (κ1) is 36.9. The molecule has 3 aromatic carbocycles. The number of esters is 1. The van der Waals surface area contributed by atoms with Crippen LogP contribution in [0.2, 0.25) is 0 Å². The Labute approximate surface area is 303 Å². The van der Waals surface area contributed by atoms with Gasteiger partial charge in [-0.15, -0.1) is 0 Å². The molecular weight excluding hydrogens is 664 g/mol. The summed E-state index contributed by atoms with van der Waals surface area (Å²) in [7, 11) is 0. The molecular formula is C40H48N4O8. The van der Waals surface area contributed by atoms with Crippen molar-refractivity contribution >= 4 is 23.0 Å². The largest absolute Gasteiger partial charge is 0.506 e. The molecule has 2 bridgehead atoms.